The number of carbonyl (C=O) groups is 1. The Morgan fingerprint density at radius 2 is 1.78 bits per heavy atom. The molecule has 1 aliphatic heterocycles. The number of aliphatic hydroxyl groups excluding tert-OH is 1. The smallest absolute Gasteiger partial charge is 0.232 e. The third-order valence-electron chi connectivity index (χ3n) is 4.17. The van der Waals surface area contributed by atoms with E-state index in [4.69, 9.17) is 0 Å². The van der Waals surface area contributed by atoms with Crippen LogP contribution in [0.25, 0.3) is 0 Å². The fourth-order valence-corrected chi connectivity index (χ4v) is 3.72. The molecule has 3 nitrogen and oxygen atoms in total. The normalized spacial score (nSPS) is 15.1. The topological polar surface area (TPSA) is 40.5 Å². The van der Waals surface area contributed by atoms with Gasteiger partial charge in [0.15, 0.2) is 0 Å². The summed E-state index contributed by atoms with van der Waals surface area (Å²) in [6, 6.07) is 17.9. The average Bonchev–Trinajstić information content (AvgIpc) is 2.61. The van der Waals surface area contributed by atoms with Crippen LogP contribution in [0.5, 0.6) is 0 Å². The molecule has 23 heavy (non-hydrogen) atoms. The molecule has 0 aromatic heterocycles. The molecule has 0 saturated carbocycles. The van der Waals surface area contributed by atoms with Crippen molar-refractivity contribution < 1.29 is 9.90 Å². The number of hydrogen-bond acceptors (Lipinski definition) is 3. The second-order valence-corrected chi connectivity index (χ2v) is 6.81. The second kappa shape index (κ2) is 7.66. The molecular weight excluding hydrogens is 306 g/mol. The molecule has 4 heteroatoms. The van der Waals surface area contributed by atoms with Crippen LogP contribution in [0.4, 0.5) is 0 Å². The van der Waals surface area contributed by atoms with Crippen LogP contribution in [0.2, 0.25) is 0 Å². The van der Waals surface area contributed by atoms with Crippen LogP contribution in [0.1, 0.15) is 22.8 Å². The lowest BCUT2D eigenvalue weighted by atomic mass is 10.00. The van der Waals surface area contributed by atoms with Crippen LogP contribution < -0.4 is 0 Å². The number of carbonyl (C=O) groups excluding carboxylic acids is 1. The van der Waals surface area contributed by atoms with Gasteiger partial charge in [-0.05, 0) is 23.1 Å². The first-order valence-corrected chi connectivity index (χ1v) is 9.05. The summed E-state index contributed by atoms with van der Waals surface area (Å²) in [7, 11) is 0. The van der Waals surface area contributed by atoms with E-state index in [2.05, 4.69) is 18.2 Å². The Labute approximate surface area is 141 Å². The summed E-state index contributed by atoms with van der Waals surface area (Å²) in [5.74, 6) is 1.12. The van der Waals surface area contributed by atoms with Gasteiger partial charge < -0.3 is 10.0 Å². The van der Waals surface area contributed by atoms with Crippen molar-refractivity contribution in [3.8, 4) is 0 Å². The van der Waals surface area contributed by atoms with E-state index in [0.717, 1.165) is 18.5 Å². The Balaban J connectivity index is 1.47. The van der Waals surface area contributed by atoms with E-state index in [9.17, 15) is 9.90 Å². The highest BCUT2D eigenvalue weighted by molar-refractivity contribution is 7.99. The zero-order valence-corrected chi connectivity index (χ0v) is 13.8. The monoisotopic (exact) mass is 327 g/mol. The lowest BCUT2D eigenvalue weighted by Gasteiger charge is -2.29. The molecule has 1 amide bonds. The van der Waals surface area contributed by atoms with Gasteiger partial charge in [-0.15, -0.1) is 11.8 Å². The molecule has 2 aromatic carbocycles. The summed E-state index contributed by atoms with van der Waals surface area (Å²) in [4.78, 5) is 14.3. The third-order valence-corrected chi connectivity index (χ3v) is 5.17. The molecule has 0 aliphatic carbocycles. The van der Waals surface area contributed by atoms with Gasteiger partial charge in [-0.25, -0.2) is 0 Å². The molecule has 1 atom stereocenters. The van der Waals surface area contributed by atoms with E-state index in [1.165, 1.54) is 22.9 Å². The van der Waals surface area contributed by atoms with Gasteiger partial charge in [0.1, 0.15) is 0 Å². The van der Waals surface area contributed by atoms with Gasteiger partial charge in [0.2, 0.25) is 5.91 Å². The Kier molecular flexibility index (Phi) is 5.36. The minimum Gasteiger partial charge on any atom is -0.388 e. The van der Waals surface area contributed by atoms with Gasteiger partial charge in [-0.1, -0.05) is 54.6 Å². The highest BCUT2D eigenvalue weighted by Gasteiger charge is 2.20. The van der Waals surface area contributed by atoms with Crippen molar-refractivity contribution in [2.45, 2.75) is 19.1 Å². The SMILES string of the molecule is O=C(CSCC(O)c1ccccc1)N1CCc2ccccc2C1. The van der Waals surface area contributed by atoms with Crippen LogP contribution in [-0.2, 0) is 17.8 Å². The zero-order valence-electron chi connectivity index (χ0n) is 13.0. The van der Waals surface area contributed by atoms with Gasteiger partial charge in [-0.3, -0.25) is 4.79 Å². The first-order valence-electron chi connectivity index (χ1n) is 7.89. The van der Waals surface area contributed by atoms with Crippen LogP contribution in [0.3, 0.4) is 0 Å². The highest BCUT2D eigenvalue weighted by Crippen LogP contribution is 2.21. The first kappa shape index (κ1) is 16.1. The van der Waals surface area contributed by atoms with Gasteiger partial charge >= 0.3 is 0 Å². The molecule has 0 saturated heterocycles. The lowest BCUT2D eigenvalue weighted by molar-refractivity contribution is -0.129. The number of benzene rings is 2. The standard InChI is InChI=1S/C19H21NO2S/c21-18(16-7-2-1-3-8-16)13-23-14-19(22)20-11-10-15-6-4-5-9-17(15)12-20/h1-9,18,21H,10-14H2. The van der Waals surface area contributed by atoms with Crippen LogP contribution in [0.15, 0.2) is 54.6 Å². The van der Waals surface area contributed by atoms with Gasteiger partial charge in [0.25, 0.3) is 0 Å². The van der Waals surface area contributed by atoms with Crippen molar-refractivity contribution in [1.82, 2.24) is 4.90 Å². The Morgan fingerprint density at radius 1 is 1.09 bits per heavy atom. The molecule has 1 heterocycles. The molecule has 2 aromatic rings. The highest BCUT2D eigenvalue weighted by atomic mass is 32.2. The predicted octanol–water partition coefficient (Wildman–Crippen LogP) is 3.04. The van der Waals surface area contributed by atoms with Crippen molar-refractivity contribution in [2.75, 3.05) is 18.1 Å². The predicted molar refractivity (Wildman–Crippen MR) is 94.3 cm³/mol. The number of nitrogens with zero attached hydrogens (tertiary/aromatic N) is 1. The first-order chi connectivity index (χ1) is 11.2. The number of fused-ring (bicyclic) bond motifs is 1. The van der Waals surface area contributed by atoms with Crippen molar-refractivity contribution >= 4 is 17.7 Å². The van der Waals surface area contributed by atoms with Crippen molar-refractivity contribution in [3.05, 3.63) is 71.3 Å². The second-order valence-electron chi connectivity index (χ2n) is 5.78. The fourth-order valence-electron chi connectivity index (χ4n) is 2.83. The molecular formula is C19H21NO2S. The Morgan fingerprint density at radius 3 is 2.57 bits per heavy atom. The van der Waals surface area contributed by atoms with Crippen molar-refractivity contribution in [3.63, 3.8) is 0 Å². The van der Waals surface area contributed by atoms with Crippen LogP contribution in [0, 0.1) is 0 Å². The Hall–Kier alpha value is -1.78. The lowest BCUT2D eigenvalue weighted by Crippen LogP contribution is -2.37. The fraction of sp³-hybridized carbons (Fsp3) is 0.316. The van der Waals surface area contributed by atoms with Gasteiger partial charge in [0, 0.05) is 18.8 Å². The quantitative estimate of drug-likeness (QED) is 0.918. The van der Waals surface area contributed by atoms with E-state index in [0.29, 0.717) is 18.1 Å². The summed E-state index contributed by atoms with van der Waals surface area (Å²) < 4.78 is 0. The van der Waals surface area contributed by atoms with Gasteiger partial charge in [0.05, 0.1) is 11.9 Å². The number of amides is 1. The minimum atomic E-state index is -0.518. The van der Waals surface area contributed by atoms with E-state index in [1.54, 1.807) is 0 Å². The Bertz CT molecular complexity index is 659. The molecule has 1 unspecified atom stereocenters. The molecule has 1 N–H and O–H groups in total. The van der Waals surface area contributed by atoms with Crippen LogP contribution in [-0.4, -0.2) is 34.0 Å². The average molecular weight is 327 g/mol. The number of aliphatic hydroxyl groups is 1. The summed E-state index contributed by atoms with van der Waals surface area (Å²) in [5, 5.41) is 10.1. The van der Waals surface area contributed by atoms with E-state index in [-0.39, 0.29) is 5.91 Å². The van der Waals surface area contributed by atoms with Gasteiger partial charge in [-0.2, -0.15) is 0 Å². The van der Waals surface area contributed by atoms with Crippen molar-refractivity contribution in [1.29, 1.82) is 0 Å². The summed E-state index contributed by atoms with van der Waals surface area (Å²) in [6.45, 7) is 1.49. The zero-order chi connectivity index (χ0) is 16.1. The summed E-state index contributed by atoms with van der Waals surface area (Å²) in [6.07, 6.45) is 0.412. The van der Waals surface area contributed by atoms with Crippen LogP contribution >= 0.6 is 11.8 Å². The molecule has 0 fully saturated rings. The molecule has 120 valence electrons. The largest absolute Gasteiger partial charge is 0.388 e. The number of rotatable bonds is 5. The van der Waals surface area contributed by atoms with E-state index < -0.39 is 6.10 Å². The maximum atomic E-state index is 12.3. The number of thioether (sulfide) groups is 1. The molecule has 0 bridgehead atoms. The van der Waals surface area contributed by atoms with E-state index in [1.807, 2.05) is 41.3 Å². The third kappa shape index (κ3) is 4.15. The van der Waals surface area contributed by atoms with Crippen molar-refractivity contribution in [2.24, 2.45) is 0 Å². The molecule has 3 rings (SSSR count). The maximum Gasteiger partial charge on any atom is 0.232 e. The summed E-state index contributed by atoms with van der Waals surface area (Å²) in [5.41, 5.74) is 3.50. The minimum absolute atomic E-state index is 0.157. The maximum absolute atomic E-state index is 12.3. The molecule has 0 spiro atoms. The summed E-state index contributed by atoms with van der Waals surface area (Å²) >= 11 is 1.50. The number of hydrogen-bond donors (Lipinski definition) is 1. The van der Waals surface area contributed by atoms with E-state index >= 15 is 0 Å². The molecule has 1 aliphatic rings. The molecule has 0 radical (unpaired) electrons.